The first kappa shape index (κ1) is 19.3. The Morgan fingerprint density at radius 1 is 1.10 bits per heavy atom. The standard InChI is InChI=1S/C21H20ClN3O4/c22-15-6-2-1-5-13(15)10-24-11-14(9-19(24)26)21(28)25-12-18(20(23)27)29-17-8-4-3-7-16(17)25/h1-8,14,18H,9-12H2,(H2,23,27)/t14-,18+/m0/s1. The van der Waals surface area contributed by atoms with Crippen molar-refractivity contribution in [3.63, 3.8) is 0 Å². The van der Waals surface area contributed by atoms with Gasteiger partial charge in [-0.05, 0) is 23.8 Å². The summed E-state index contributed by atoms with van der Waals surface area (Å²) in [4.78, 5) is 40.6. The minimum Gasteiger partial charge on any atom is -0.477 e. The number of fused-ring (bicyclic) bond motifs is 1. The van der Waals surface area contributed by atoms with E-state index in [9.17, 15) is 14.4 Å². The Labute approximate surface area is 173 Å². The van der Waals surface area contributed by atoms with E-state index in [1.165, 1.54) is 4.90 Å². The summed E-state index contributed by atoms with van der Waals surface area (Å²) >= 11 is 6.20. The van der Waals surface area contributed by atoms with Crippen molar-refractivity contribution in [3.8, 4) is 5.75 Å². The zero-order valence-electron chi connectivity index (χ0n) is 15.6. The molecule has 2 heterocycles. The Hall–Kier alpha value is -3.06. The first-order valence-corrected chi connectivity index (χ1v) is 9.69. The number of nitrogens with zero attached hydrogens (tertiary/aromatic N) is 2. The van der Waals surface area contributed by atoms with Crippen LogP contribution in [-0.2, 0) is 20.9 Å². The minimum absolute atomic E-state index is 0.0282. The Bertz CT molecular complexity index is 980. The van der Waals surface area contributed by atoms with Crippen LogP contribution in [0.4, 0.5) is 5.69 Å². The van der Waals surface area contributed by atoms with Gasteiger partial charge in [-0.1, -0.05) is 41.9 Å². The van der Waals surface area contributed by atoms with Crippen molar-refractivity contribution >= 4 is 35.0 Å². The van der Waals surface area contributed by atoms with Crippen LogP contribution in [0.25, 0.3) is 0 Å². The number of para-hydroxylation sites is 2. The number of ether oxygens (including phenoxy) is 1. The first-order valence-electron chi connectivity index (χ1n) is 9.31. The number of anilines is 1. The third-order valence-corrected chi connectivity index (χ3v) is 5.61. The lowest BCUT2D eigenvalue weighted by molar-refractivity contribution is -0.129. The number of amides is 3. The highest BCUT2D eigenvalue weighted by Crippen LogP contribution is 2.35. The van der Waals surface area contributed by atoms with E-state index >= 15 is 0 Å². The highest BCUT2D eigenvalue weighted by molar-refractivity contribution is 6.31. The predicted octanol–water partition coefficient (Wildman–Crippen LogP) is 1.97. The fourth-order valence-corrected chi connectivity index (χ4v) is 3.93. The molecule has 7 nitrogen and oxygen atoms in total. The van der Waals surface area contributed by atoms with E-state index in [0.29, 0.717) is 29.5 Å². The average molecular weight is 414 g/mol. The molecule has 8 heteroatoms. The number of hydrogen-bond acceptors (Lipinski definition) is 4. The van der Waals surface area contributed by atoms with Crippen molar-refractivity contribution < 1.29 is 19.1 Å². The summed E-state index contributed by atoms with van der Waals surface area (Å²) < 4.78 is 5.61. The number of halogens is 1. The molecule has 1 saturated heterocycles. The molecule has 0 unspecified atom stereocenters. The van der Waals surface area contributed by atoms with Crippen molar-refractivity contribution in [3.05, 3.63) is 59.1 Å². The number of nitrogens with two attached hydrogens (primary N) is 1. The van der Waals surface area contributed by atoms with Crippen LogP contribution in [-0.4, -0.2) is 41.8 Å². The van der Waals surface area contributed by atoms with Gasteiger partial charge in [0.2, 0.25) is 11.8 Å². The second-order valence-electron chi connectivity index (χ2n) is 7.19. The maximum Gasteiger partial charge on any atom is 0.260 e. The Morgan fingerprint density at radius 3 is 2.59 bits per heavy atom. The van der Waals surface area contributed by atoms with E-state index in [1.54, 1.807) is 35.2 Å². The summed E-state index contributed by atoms with van der Waals surface area (Å²) in [5.41, 5.74) is 6.82. The molecule has 0 saturated carbocycles. The van der Waals surface area contributed by atoms with Crippen LogP contribution in [0.15, 0.2) is 48.5 Å². The maximum absolute atomic E-state index is 13.3. The topological polar surface area (TPSA) is 92.9 Å². The lowest BCUT2D eigenvalue weighted by atomic mass is 10.0. The van der Waals surface area contributed by atoms with Crippen LogP contribution >= 0.6 is 11.6 Å². The van der Waals surface area contributed by atoms with Gasteiger partial charge in [-0.25, -0.2) is 0 Å². The van der Waals surface area contributed by atoms with Crippen molar-refractivity contribution in [2.45, 2.75) is 19.1 Å². The second kappa shape index (κ2) is 7.75. The molecule has 4 rings (SSSR count). The molecule has 0 bridgehead atoms. The van der Waals surface area contributed by atoms with Gasteiger partial charge < -0.3 is 20.3 Å². The number of carbonyl (C=O) groups excluding carboxylic acids is 3. The zero-order valence-corrected chi connectivity index (χ0v) is 16.3. The van der Waals surface area contributed by atoms with E-state index in [4.69, 9.17) is 22.1 Å². The molecule has 3 amide bonds. The van der Waals surface area contributed by atoms with Gasteiger partial charge in [0.1, 0.15) is 5.75 Å². The van der Waals surface area contributed by atoms with Gasteiger partial charge in [-0.15, -0.1) is 0 Å². The summed E-state index contributed by atoms with van der Waals surface area (Å²) in [6.07, 6.45) is -0.811. The molecule has 0 radical (unpaired) electrons. The quantitative estimate of drug-likeness (QED) is 0.829. The number of benzene rings is 2. The third-order valence-electron chi connectivity index (χ3n) is 5.24. The Balaban J connectivity index is 1.53. The fraction of sp³-hybridized carbons (Fsp3) is 0.286. The molecule has 2 aromatic carbocycles. The SMILES string of the molecule is NC(=O)[C@H]1CN(C(=O)[C@H]2CC(=O)N(Cc3ccccc3Cl)C2)c2ccccc2O1. The molecule has 29 heavy (non-hydrogen) atoms. The summed E-state index contributed by atoms with van der Waals surface area (Å²) in [7, 11) is 0. The van der Waals surface area contributed by atoms with Crippen LogP contribution in [0, 0.1) is 5.92 Å². The van der Waals surface area contributed by atoms with Gasteiger partial charge in [0.05, 0.1) is 18.2 Å². The van der Waals surface area contributed by atoms with E-state index in [-0.39, 0.29) is 24.8 Å². The number of rotatable bonds is 4. The number of primary amides is 1. The molecule has 2 aliphatic rings. The predicted molar refractivity (Wildman–Crippen MR) is 107 cm³/mol. The first-order chi connectivity index (χ1) is 13.9. The summed E-state index contributed by atoms with van der Waals surface area (Å²) in [5, 5.41) is 0.585. The maximum atomic E-state index is 13.3. The lowest BCUT2D eigenvalue weighted by Crippen LogP contribution is -2.51. The summed E-state index contributed by atoms with van der Waals surface area (Å²) in [6.45, 7) is 0.677. The molecule has 2 aromatic rings. The van der Waals surface area contributed by atoms with Crippen LogP contribution in [0.2, 0.25) is 5.02 Å². The highest BCUT2D eigenvalue weighted by atomic mass is 35.5. The van der Waals surface area contributed by atoms with E-state index < -0.39 is 17.9 Å². The third kappa shape index (κ3) is 3.78. The van der Waals surface area contributed by atoms with Crippen molar-refractivity contribution in [2.75, 3.05) is 18.0 Å². The van der Waals surface area contributed by atoms with Gasteiger partial charge in [-0.3, -0.25) is 14.4 Å². The highest BCUT2D eigenvalue weighted by Gasteiger charge is 2.40. The van der Waals surface area contributed by atoms with Crippen molar-refractivity contribution in [1.29, 1.82) is 0 Å². The van der Waals surface area contributed by atoms with Crippen LogP contribution in [0.1, 0.15) is 12.0 Å². The van der Waals surface area contributed by atoms with Crippen LogP contribution < -0.4 is 15.4 Å². The smallest absolute Gasteiger partial charge is 0.260 e. The van der Waals surface area contributed by atoms with Gasteiger partial charge in [0, 0.05) is 24.5 Å². The van der Waals surface area contributed by atoms with Gasteiger partial charge in [-0.2, -0.15) is 0 Å². The molecule has 2 atom stereocenters. The molecule has 0 spiro atoms. The lowest BCUT2D eigenvalue weighted by Gasteiger charge is -2.34. The van der Waals surface area contributed by atoms with Crippen molar-refractivity contribution in [1.82, 2.24) is 4.90 Å². The molecule has 2 N–H and O–H groups in total. The normalized spacial score (nSPS) is 20.9. The van der Waals surface area contributed by atoms with E-state index in [2.05, 4.69) is 0 Å². The molecule has 0 aliphatic carbocycles. The molecular weight excluding hydrogens is 394 g/mol. The van der Waals surface area contributed by atoms with Crippen LogP contribution in [0.3, 0.4) is 0 Å². The molecule has 1 fully saturated rings. The summed E-state index contributed by atoms with van der Waals surface area (Å²) in [5.74, 6) is -1.05. The second-order valence-corrected chi connectivity index (χ2v) is 7.60. The molecule has 150 valence electrons. The van der Waals surface area contributed by atoms with Gasteiger partial charge >= 0.3 is 0 Å². The minimum atomic E-state index is -0.926. The van der Waals surface area contributed by atoms with Gasteiger partial charge in [0.15, 0.2) is 6.10 Å². The monoisotopic (exact) mass is 413 g/mol. The molecule has 2 aliphatic heterocycles. The average Bonchev–Trinajstić information content (AvgIpc) is 3.08. The summed E-state index contributed by atoms with van der Waals surface area (Å²) in [6, 6.07) is 14.3. The number of carbonyl (C=O) groups is 3. The molecule has 0 aromatic heterocycles. The Morgan fingerprint density at radius 2 is 1.83 bits per heavy atom. The number of hydrogen-bond donors (Lipinski definition) is 1. The van der Waals surface area contributed by atoms with Crippen LogP contribution in [0.5, 0.6) is 5.75 Å². The number of likely N-dealkylation sites (tertiary alicyclic amines) is 1. The Kier molecular flexibility index (Phi) is 5.15. The molecular formula is C21H20ClN3O4. The fourth-order valence-electron chi connectivity index (χ4n) is 3.73. The van der Waals surface area contributed by atoms with Gasteiger partial charge in [0.25, 0.3) is 5.91 Å². The van der Waals surface area contributed by atoms with E-state index in [1.807, 2.05) is 18.2 Å². The van der Waals surface area contributed by atoms with E-state index in [0.717, 1.165) is 5.56 Å². The zero-order chi connectivity index (χ0) is 20.5. The van der Waals surface area contributed by atoms with Crippen molar-refractivity contribution in [2.24, 2.45) is 11.7 Å². The largest absolute Gasteiger partial charge is 0.477 e.